The third-order valence-corrected chi connectivity index (χ3v) is 7.84. The third kappa shape index (κ3) is 10.1. The van der Waals surface area contributed by atoms with Gasteiger partial charge in [-0.3, -0.25) is 0 Å². The molecule has 0 aliphatic carbocycles. The van der Waals surface area contributed by atoms with Crippen LogP contribution in [0.3, 0.4) is 0 Å². The van der Waals surface area contributed by atoms with Gasteiger partial charge in [0.2, 0.25) is 0 Å². The van der Waals surface area contributed by atoms with Crippen molar-refractivity contribution < 1.29 is 48.1 Å². The smallest absolute Gasteiger partial charge is 0.0132 e. The Labute approximate surface area is 299 Å². The molecule has 0 heterocycles. The minimum absolute atomic E-state index is 0. The predicted molar refractivity (Wildman–Crippen MR) is 190 cm³/mol. The molecule has 6 aromatic carbocycles. The number of benzene rings is 4. The van der Waals surface area contributed by atoms with Crippen molar-refractivity contribution in [2.24, 2.45) is 0 Å². The van der Waals surface area contributed by atoms with E-state index >= 15 is 0 Å². The van der Waals surface area contributed by atoms with Crippen LogP contribution >= 0.6 is 0 Å². The molecule has 0 aliphatic heterocycles. The van der Waals surface area contributed by atoms with Gasteiger partial charge in [0.25, 0.3) is 0 Å². The molecule has 0 saturated heterocycles. The van der Waals surface area contributed by atoms with E-state index in [1.165, 1.54) is 66.1 Å². The molecule has 0 nitrogen and oxygen atoms in total. The van der Waals surface area contributed by atoms with E-state index in [2.05, 4.69) is 171 Å². The van der Waals surface area contributed by atoms with Crippen LogP contribution in [-0.4, -0.2) is 5.43 Å². The quantitative estimate of drug-likeness (QED) is 0.149. The zero-order valence-corrected chi connectivity index (χ0v) is 33.2. The Morgan fingerprint density at radius 3 is 1.82 bits per heavy atom. The zero-order chi connectivity index (χ0) is 31.3. The Kier molecular flexibility index (Phi) is 14.8. The molecule has 45 heavy (non-hydrogen) atoms. The van der Waals surface area contributed by atoms with Crippen LogP contribution in [0.25, 0.3) is 43.8 Å². The summed E-state index contributed by atoms with van der Waals surface area (Å²) in [5.74, 6) is 0.584. The maximum absolute atomic E-state index is 2.34. The van der Waals surface area contributed by atoms with Gasteiger partial charge >= 0.3 is 41.9 Å². The van der Waals surface area contributed by atoms with Gasteiger partial charge in [0, 0.05) is 0 Å². The third-order valence-electron chi connectivity index (χ3n) is 7.84. The zero-order valence-electron chi connectivity index (χ0n) is 28.2. The summed E-state index contributed by atoms with van der Waals surface area (Å²) in [6.45, 7) is 20.2. The number of hydrogen-bond donors (Lipinski definition) is 0. The van der Waals surface area contributed by atoms with E-state index in [4.69, 9.17) is 0 Å². The van der Waals surface area contributed by atoms with Gasteiger partial charge in [0.05, 0.1) is 0 Å². The summed E-state index contributed by atoms with van der Waals surface area (Å²) in [5.41, 5.74) is 11.2. The van der Waals surface area contributed by atoms with Crippen LogP contribution in [-0.2, 0) is 28.8 Å². The molecule has 0 saturated carbocycles. The monoisotopic (exact) mass is 726 g/mol. The molecular formula is C41H46Cl2SiZr-2. The van der Waals surface area contributed by atoms with Gasteiger partial charge in [0.1, 0.15) is 0 Å². The van der Waals surface area contributed by atoms with Gasteiger partial charge in [-0.05, 0) is 28.0 Å². The van der Waals surface area contributed by atoms with Crippen LogP contribution in [0.5, 0.6) is 0 Å². The number of aryl methyl sites for hydroxylation is 2. The normalized spacial score (nSPS) is 10.8. The standard InChI is InChI=1S/C21H23.C18H17.C2H6Si.2ClH.Zr/c1-14-12-19-15(2)6-11-18(20(19)13-14)16-7-9-17(10-8-16)21(3,4)5;1-13(2)16-11-15-9-6-10-17(18(15)12-16)14-7-4-3-5-8-14;1-3-2;;;/h6-13H,1-5H3;3-13H,1-2H3;1-2H3;2*1H;/q2*-1;;;;+2/p-2. The average molecular weight is 729 g/mol. The van der Waals surface area contributed by atoms with E-state index in [1.54, 1.807) is 23.3 Å². The minimum atomic E-state index is 0. The van der Waals surface area contributed by atoms with Crippen molar-refractivity contribution in [3.63, 3.8) is 0 Å². The molecular weight excluding hydrogens is 683 g/mol. The molecule has 6 aromatic rings. The molecule has 0 spiro atoms. The van der Waals surface area contributed by atoms with Crippen molar-refractivity contribution in [1.82, 2.24) is 0 Å². The second-order valence-corrected chi connectivity index (χ2v) is 22.6. The predicted octanol–water partition coefficient (Wildman–Crippen LogP) is 6.28. The Balaban J connectivity index is 0.000000272. The van der Waals surface area contributed by atoms with Crippen LogP contribution in [0.15, 0.2) is 109 Å². The van der Waals surface area contributed by atoms with Crippen LogP contribution in [0.1, 0.15) is 62.8 Å². The first kappa shape index (κ1) is 39.0. The second-order valence-electron chi connectivity index (χ2n) is 13.2. The summed E-state index contributed by atoms with van der Waals surface area (Å²) in [4.78, 5) is 0. The molecule has 0 atom stereocenters. The van der Waals surface area contributed by atoms with E-state index in [-0.39, 0.29) is 35.7 Å². The number of halogens is 2. The van der Waals surface area contributed by atoms with Gasteiger partial charge in [-0.15, -0.1) is 68.6 Å². The molecule has 0 aromatic heterocycles. The van der Waals surface area contributed by atoms with Gasteiger partial charge in [-0.25, -0.2) is 0 Å². The summed E-state index contributed by atoms with van der Waals surface area (Å²) in [5, 5.41) is 5.47. The summed E-state index contributed by atoms with van der Waals surface area (Å²) in [7, 11) is 0. The second kappa shape index (κ2) is 17.1. The molecule has 0 radical (unpaired) electrons. The van der Waals surface area contributed by atoms with Gasteiger partial charge in [-0.2, -0.15) is 12.1 Å². The molecule has 0 N–H and O–H groups in total. The Bertz CT molecular complexity index is 1810. The Morgan fingerprint density at radius 1 is 0.667 bits per heavy atom. The average Bonchev–Trinajstić information content (AvgIpc) is 3.58. The largest absolute Gasteiger partial charge is 1.00 e. The fourth-order valence-electron chi connectivity index (χ4n) is 5.45. The van der Waals surface area contributed by atoms with Crippen molar-refractivity contribution in [2.75, 3.05) is 0 Å². The molecule has 4 heteroatoms. The fourth-order valence-corrected chi connectivity index (χ4v) is 5.45. The van der Waals surface area contributed by atoms with Crippen LogP contribution in [0.2, 0.25) is 13.1 Å². The van der Waals surface area contributed by atoms with Crippen LogP contribution in [0.4, 0.5) is 0 Å². The topological polar surface area (TPSA) is 0 Å². The van der Waals surface area contributed by atoms with Crippen molar-refractivity contribution in [1.29, 1.82) is 0 Å². The molecule has 0 aliphatic rings. The fraction of sp³-hybridized carbons (Fsp3) is 0.268. The van der Waals surface area contributed by atoms with E-state index in [0.29, 0.717) is 5.92 Å². The molecule has 0 unspecified atom stereocenters. The van der Waals surface area contributed by atoms with Crippen LogP contribution in [0, 0.1) is 13.8 Å². The first-order valence-corrected chi connectivity index (χ1v) is 21.6. The van der Waals surface area contributed by atoms with E-state index in [1.807, 2.05) is 0 Å². The summed E-state index contributed by atoms with van der Waals surface area (Å²) in [6, 6.07) is 39.9. The molecule has 0 amide bonds. The van der Waals surface area contributed by atoms with Crippen molar-refractivity contribution in [3.05, 3.63) is 131 Å². The number of hydrogen-bond acceptors (Lipinski definition) is 0. The molecule has 234 valence electrons. The maximum Gasteiger partial charge on any atom is -0.0132 e. The molecule has 6 rings (SSSR count). The van der Waals surface area contributed by atoms with Gasteiger partial charge in [0.15, 0.2) is 0 Å². The first-order valence-electron chi connectivity index (χ1n) is 15.4. The van der Waals surface area contributed by atoms with Crippen molar-refractivity contribution in [3.8, 4) is 22.3 Å². The maximum atomic E-state index is 2.34. The molecule has 0 fully saturated rings. The van der Waals surface area contributed by atoms with Gasteiger partial charge in [-0.1, -0.05) is 126 Å². The number of fused-ring (bicyclic) bond motifs is 2. The first-order chi connectivity index (χ1) is 20.3. The van der Waals surface area contributed by atoms with E-state index in [9.17, 15) is 0 Å². The summed E-state index contributed by atoms with van der Waals surface area (Å²) in [6.07, 6.45) is 0. The van der Waals surface area contributed by atoms with E-state index < -0.39 is 0 Å². The van der Waals surface area contributed by atoms with E-state index in [0.717, 1.165) is 0 Å². The Morgan fingerprint density at radius 2 is 1.24 bits per heavy atom. The minimum Gasteiger partial charge on any atom is -1.00 e. The Hall–Kier alpha value is -2.22. The van der Waals surface area contributed by atoms with Crippen LogP contribution < -0.4 is 24.8 Å². The number of rotatable bonds is 3. The van der Waals surface area contributed by atoms with Gasteiger partial charge < -0.3 is 24.8 Å². The van der Waals surface area contributed by atoms with Crippen molar-refractivity contribution >= 4 is 27.0 Å². The molecule has 0 bridgehead atoms. The summed E-state index contributed by atoms with van der Waals surface area (Å²) >= 11 is 1.74. The van der Waals surface area contributed by atoms with Crippen molar-refractivity contribution in [2.45, 2.75) is 72.9 Å². The summed E-state index contributed by atoms with van der Waals surface area (Å²) < 4.78 is 0. The SMILES string of the molecule is CC(C)c1cc2c(-c3ccccc3)cccc2[cH-]1.C[Si](C)=[Zr+2].Cc1cc2c(-c3ccc(C(C)(C)C)cc3)ccc(C)c2[cH-]1.[Cl-].[Cl-].